The number of rotatable bonds is 1. The van der Waals surface area contributed by atoms with Crippen LogP contribution in [0.1, 0.15) is 12.5 Å². The third kappa shape index (κ3) is 1.84. The number of nitrogens with one attached hydrogen (secondary N) is 1. The third-order valence-corrected chi connectivity index (χ3v) is 3.15. The van der Waals surface area contributed by atoms with E-state index in [0.29, 0.717) is 12.5 Å². The predicted octanol–water partition coefficient (Wildman–Crippen LogP) is 1.72. The third-order valence-electron chi connectivity index (χ3n) is 2.50. The van der Waals surface area contributed by atoms with Crippen LogP contribution in [0.4, 0.5) is 4.39 Å². The summed E-state index contributed by atoms with van der Waals surface area (Å²) in [5.74, 6) is 0.162. The molecule has 1 atom stereocenters. The van der Waals surface area contributed by atoms with Crippen molar-refractivity contribution in [1.29, 1.82) is 0 Å². The van der Waals surface area contributed by atoms with Crippen molar-refractivity contribution in [2.75, 3.05) is 6.54 Å². The van der Waals surface area contributed by atoms with Gasteiger partial charge in [-0.05, 0) is 24.6 Å². The standard InChI is InChI=1S/C10H11BrFN3/c1-10(5-14-9(13)15-10)7-3-2-6(12)4-8(7)11/h2-4H,5H2,1H3,(H3,13,14,15). The molecule has 0 bridgehead atoms. The Morgan fingerprint density at radius 3 is 2.87 bits per heavy atom. The van der Waals surface area contributed by atoms with Gasteiger partial charge in [-0.1, -0.05) is 22.0 Å². The molecule has 1 aromatic carbocycles. The van der Waals surface area contributed by atoms with Gasteiger partial charge in [-0.25, -0.2) is 4.39 Å². The van der Waals surface area contributed by atoms with Gasteiger partial charge in [-0.2, -0.15) is 0 Å². The number of nitrogens with zero attached hydrogens (tertiary/aromatic N) is 1. The van der Waals surface area contributed by atoms with Crippen molar-refractivity contribution in [1.82, 2.24) is 5.32 Å². The molecule has 0 amide bonds. The molecule has 0 radical (unpaired) electrons. The molecule has 0 aliphatic carbocycles. The number of aliphatic imine (C=N–C) groups is 1. The number of guanidine groups is 1. The van der Waals surface area contributed by atoms with E-state index >= 15 is 0 Å². The van der Waals surface area contributed by atoms with Gasteiger partial charge in [-0.3, -0.25) is 4.99 Å². The summed E-state index contributed by atoms with van der Waals surface area (Å²) < 4.78 is 13.7. The van der Waals surface area contributed by atoms with E-state index in [-0.39, 0.29) is 11.4 Å². The Morgan fingerprint density at radius 1 is 1.60 bits per heavy atom. The molecule has 0 aromatic heterocycles. The minimum absolute atomic E-state index is 0.263. The first kappa shape index (κ1) is 10.4. The smallest absolute Gasteiger partial charge is 0.189 e. The van der Waals surface area contributed by atoms with Gasteiger partial charge >= 0.3 is 0 Å². The zero-order valence-electron chi connectivity index (χ0n) is 8.22. The molecule has 5 heteroatoms. The quantitative estimate of drug-likeness (QED) is 0.817. The molecule has 0 saturated heterocycles. The molecule has 0 saturated carbocycles. The first-order chi connectivity index (χ1) is 7.01. The minimum atomic E-state index is -0.351. The van der Waals surface area contributed by atoms with Crippen LogP contribution in [-0.4, -0.2) is 12.5 Å². The number of benzene rings is 1. The molecule has 1 aromatic rings. The molecule has 80 valence electrons. The van der Waals surface area contributed by atoms with Gasteiger partial charge < -0.3 is 11.1 Å². The summed E-state index contributed by atoms with van der Waals surface area (Å²) in [7, 11) is 0. The van der Waals surface area contributed by atoms with Crippen molar-refractivity contribution in [2.24, 2.45) is 10.7 Å². The number of nitrogens with two attached hydrogens (primary N) is 1. The molecule has 0 spiro atoms. The van der Waals surface area contributed by atoms with Gasteiger partial charge in [0.2, 0.25) is 0 Å². The van der Waals surface area contributed by atoms with E-state index in [9.17, 15) is 4.39 Å². The fraction of sp³-hybridized carbons (Fsp3) is 0.300. The van der Waals surface area contributed by atoms with Gasteiger partial charge in [0.25, 0.3) is 0 Å². The van der Waals surface area contributed by atoms with Crippen molar-refractivity contribution in [3.63, 3.8) is 0 Å². The van der Waals surface area contributed by atoms with Crippen LogP contribution in [0.3, 0.4) is 0 Å². The summed E-state index contributed by atoms with van der Waals surface area (Å²) in [4.78, 5) is 4.10. The van der Waals surface area contributed by atoms with Crippen molar-refractivity contribution in [3.8, 4) is 0 Å². The van der Waals surface area contributed by atoms with Gasteiger partial charge in [0, 0.05) is 4.47 Å². The maximum Gasteiger partial charge on any atom is 0.189 e. The molecular weight excluding hydrogens is 261 g/mol. The first-order valence-corrected chi connectivity index (χ1v) is 5.34. The van der Waals surface area contributed by atoms with Crippen LogP contribution in [-0.2, 0) is 5.54 Å². The van der Waals surface area contributed by atoms with Gasteiger partial charge in [0.15, 0.2) is 5.96 Å². The van der Waals surface area contributed by atoms with Gasteiger partial charge in [-0.15, -0.1) is 0 Å². The molecule has 1 heterocycles. The Bertz CT molecular complexity index is 433. The average Bonchev–Trinajstić information content (AvgIpc) is 2.46. The van der Waals surface area contributed by atoms with Gasteiger partial charge in [0.05, 0.1) is 12.1 Å². The molecule has 1 unspecified atom stereocenters. The SMILES string of the molecule is CC1(c2ccc(F)cc2Br)CN=C(N)N1. The molecule has 3 N–H and O–H groups in total. The zero-order chi connectivity index (χ0) is 11.1. The molecule has 1 aliphatic heterocycles. The Labute approximate surface area is 95.7 Å². The Balaban J connectivity index is 2.38. The molecule has 1 aliphatic rings. The maximum absolute atomic E-state index is 12.9. The number of hydrogen-bond acceptors (Lipinski definition) is 3. The lowest BCUT2D eigenvalue weighted by atomic mass is 9.93. The number of hydrogen-bond donors (Lipinski definition) is 2. The summed E-state index contributed by atoms with van der Waals surface area (Å²) in [6.45, 7) is 2.54. The molecule has 15 heavy (non-hydrogen) atoms. The van der Waals surface area contributed by atoms with Crippen molar-refractivity contribution < 1.29 is 4.39 Å². The molecular formula is C10H11BrFN3. The highest BCUT2D eigenvalue weighted by Gasteiger charge is 2.32. The van der Waals surface area contributed by atoms with Crippen LogP contribution in [0.25, 0.3) is 0 Å². The monoisotopic (exact) mass is 271 g/mol. The zero-order valence-corrected chi connectivity index (χ0v) is 9.81. The van der Waals surface area contributed by atoms with Crippen molar-refractivity contribution >= 4 is 21.9 Å². The van der Waals surface area contributed by atoms with Crippen LogP contribution in [0, 0.1) is 5.82 Å². The summed E-state index contributed by atoms with van der Waals surface area (Å²) in [6, 6.07) is 4.61. The summed E-state index contributed by atoms with van der Waals surface area (Å²) in [5, 5.41) is 3.08. The van der Waals surface area contributed by atoms with Gasteiger partial charge in [0.1, 0.15) is 5.82 Å². The largest absolute Gasteiger partial charge is 0.370 e. The second-order valence-corrected chi connectivity index (χ2v) is 4.64. The van der Waals surface area contributed by atoms with E-state index in [1.54, 1.807) is 6.07 Å². The summed E-state index contributed by atoms with van der Waals surface area (Å²) >= 11 is 3.34. The lowest BCUT2D eigenvalue weighted by molar-refractivity contribution is 0.476. The normalized spacial score (nSPS) is 24.9. The number of halogens is 2. The Morgan fingerprint density at radius 2 is 2.33 bits per heavy atom. The Kier molecular flexibility index (Phi) is 2.42. The lowest BCUT2D eigenvalue weighted by Crippen LogP contribution is -2.43. The first-order valence-electron chi connectivity index (χ1n) is 4.55. The fourth-order valence-electron chi connectivity index (χ4n) is 1.69. The maximum atomic E-state index is 12.9. The highest BCUT2D eigenvalue weighted by atomic mass is 79.9. The van der Waals surface area contributed by atoms with E-state index in [4.69, 9.17) is 5.73 Å². The minimum Gasteiger partial charge on any atom is -0.370 e. The highest BCUT2D eigenvalue weighted by Crippen LogP contribution is 2.31. The molecule has 0 fully saturated rings. The Hall–Kier alpha value is -1.10. The van der Waals surface area contributed by atoms with Crippen LogP contribution in [0.2, 0.25) is 0 Å². The van der Waals surface area contributed by atoms with Crippen LogP contribution >= 0.6 is 15.9 Å². The second kappa shape index (κ2) is 3.48. The topological polar surface area (TPSA) is 50.4 Å². The van der Waals surface area contributed by atoms with Crippen LogP contribution < -0.4 is 11.1 Å². The van der Waals surface area contributed by atoms with Crippen LogP contribution in [0.15, 0.2) is 27.7 Å². The van der Waals surface area contributed by atoms with E-state index in [2.05, 4.69) is 26.2 Å². The second-order valence-electron chi connectivity index (χ2n) is 3.78. The van der Waals surface area contributed by atoms with Crippen molar-refractivity contribution in [2.45, 2.75) is 12.5 Å². The summed E-state index contributed by atoms with van der Waals surface area (Å²) in [6.07, 6.45) is 0. The highest BCUT2D eigenvalue weighted by molar-refractivity contribution is 9.10. The van der Waals surface area contributed by atoms with E-state index in [1.165, 1.54) is 12.1 Å². The fourth-order valence-corrected chi connectivity index (χ4v) is 2.48. The summed E-state index contributed by atoms with van der Waals surface area (Å²) in [5.41, 5.74) is 6.18. The molecule has 3 nitrogen and oxygen atoms in total. The molecule has 2 rings (SSSR count). The van der Waals surface area contributed by atoms with Crippen molar-refractivity contribution in [3.05, 3.63) is 34.1 Å². The van der Waals surface area contributed by atoms with E-state index in [1.807, 2.05) is 6.92 Å². The average molecular weight is 272 g/mol. The van der Waals surface area contributed by atoms with E-state index in [0.717, 1.165) is 10.0 Å². The van der Waals surface area contributed by atoms with Crippen LogP contribution in [0.5, 0.6) is 0 Å². The lowest BCUT2D eigenvalue weighted by Gasteiger charge is -2.25. The van der Waals surface area contributed by atoms with E-state index < -0.39 is 0 Å². The predicted molar refractivity (Wildman–Crippen MR) is 61.1 cm³/mol.